The minimum absolute atomic E-state index is 0.0600. The van der Waals surface area contributed by atoms with E-state index in [2.05, 4.69) is 15.8 Å². The zero-order valence-electron chi connectivity index (χ0n) is 13.1. The number of hydrogen-bond acceptors (Lipinski definition) is 5. The first-order valence-corrected chi connectivity index (χ1v) is 7.41. The van der Waals surface area contributed by atoms with Gasteiger partial charge in [0.25, 0.3) is 5.69 Å². The third-order valence-electron chi connectivity index (χ3n) is 3.16. The fourth-order valence-corrected chi connectivity index (χ4v) is 2.09. The van der Waals surface area contributed by atoms with Gasteiger partial charge in [0.2, 0.25) is 0 Å². The van der Waals surface area contributed by atoms with Gasteiger partial charge in [-0.2, -0.15) is 5.10 Å². The van der Waals surface area contributed by atoms with Gasteiger partial charge in [0, 0.05) is 11.6 Å². The molecule has 0 heterocycles. The number of methoxy groups -OCH3 is 1. The number of rotatable bonds is 5. The highest BCUT2D eigenvalue weighted by Crippen LogP contribution is 2.22. The summed E-state index contributed by atoms with van der Waals surface area (Å²) >= 11 is 5.12. The van der Waals surface area contributed by atoms with E-state index in [-0.39, 0.29) is 10.8 Å². The Balaban J connectivity index is 2.06. The van der Waals surface area contributed by atoms with Crippen LogP contribution in [0, 0.1) is 10.1 Å². The maximum Gasteiger partial charge on any atom is 0.292 e. The highest BCUT2D eigenvalue weighted by molar-refractivity contribution is 7.80. The van der Waals surface area contributed by atoms with Gasteiger partial charge in [-0.05, 0) is 37.3 Å². The van der Waals surface area contributed by atoms with E-state index >= 15 is 0 Å². The van der Waals surface area contributed by atoms with Gasteiger partial charge in [-0.25, -0.2) is 0 Å². The number of nitrogens with zero attached hydrogens (tertiary/aromatic N) is 2. The van der Waals surface area contributed by atoms with Crippen LogP contribution in [-0.2, 0) is 0 Å². The number of nitro benzene ring substituents is 1. The third kappa shape index (κ3) is 4.50. The fraction of sp³-hybridized carbons (Fsp3) is 0.125. The van der Waals surface area contributed by atoms with E-state index in [1.807, 2.05) is 31.2 Å². The Morgan fingerprint density at radius 2 is 2.00 bits per heavy atom. The highest BCUT2D eigenvalue weighted by atomic mass is 32.1. The van der Waals surface area contributed by atoms with Crippen molar-refractivity contribution in [3.63, 3.8) is 0 Å². The van der Waals surface area contributed by atoms with Crippen molar-refractivity contribution in [3.05, 3.63) is 64.2 Å². The first kappa shape index (κ1) is 17.4. The average molecular weight is 344 g/mol. The molecule has 0 aliphatic carbocycles. The summed E-state index contributed by atoms with van der Waals surface area (Å²) in [6.07, 6.45) is 0. The van der Waals surface area contributed by atoms with Gasteiger partial charge in [0.05, 0.1) is 17.7 Å². The lowest BCUT2D eigenvalue weighted by Crippen LogP contribution is -2.25. The summed E-state index contributed by atoms with van der Waals surface area (Å²) < 4.78 is 5.17. The molecule has 2 aromatic carbocycles. The molecule has 0 spiro atoms. The number of nitro groups is 1. The summed E-state index contributed by atoms with van der Waals surface area (Å²) in [6, 6.07) is 13.7. The van der Waals surface area contributed by atoms with Crippen LogP contribution in [0.3, 0.4) is 0 Å². The molecule has 0 saturated heterocycles. The molecular formula is C16H16N4O3S. The van der Waals surface area contributed by atoms with Crippen LogP contribution >= 0.6 is 12.2 Å². The summed E-state index contributed by atoms with van der Waals surface area (Å²) in [5, 5.41) is 18.1. The topological polar surface area (TPSA) is 88.8 Å². The molecular weight excluding hydrogens is 328 g/mol. The lowest BCUT2D eigenvalue weighted by Gasteiger charge is -2.09. The quantitative estimate of drug-likeness (QED) is 0.374. The molecule has 2 aromatic rings. The van der Waals surface area contributed by atoms with E-state index in [9.17, 15) is 10.1 Å². The Morgan fingerprint density at radius 3 is 2.71 bits per heavy atom. The highest BCUT2D eigenvalue weighted by Gasteiger charge is 2.12. The molecule has 0 atom stereocenters. The Bertz CT molecular complexity index is 792. The molecule has 0 aromatic heterocycles. The van der Waals surface area contributed by atoms with Crippen molar-refractivity contribution >= 4 is 34.4 Å². The van der Waals surface area contributed by atoms with Crippen LogP contribution in [0.1, 0.15) is 12.5 Å². The summed E-state index contributed by atoms with van der Waals surface area (Å²) in [5.41, 5.74) is 4.48. The number of nitrogens with one attached hydrogen (secondary N) is 2. The predicted molar refractivity (Wildman–Crippen MR) is 97.7 cm³/mol. The molecule has 24 heavy (non-hydrogen) atoms. The number of benzene rings is 2. The van der Waals surface area contributed by atoms with Gasteiger partial charge >= 0.3 is 0 Å². The average Bonchev–Trinajstić information content (AvgIpc) is 2.60. The van der Waals surface area contributed by atoms with Crippen LogP contribution in [0.4, 0.5) is 11.4 Å². The molecule has 0 aliphatic rings. The Morgan fingerprint density at radius 1 is 1.25 bits per heavy atom. The van der Waals surface area contributed by atoms with Gasteiger partial charge < -0.3 is 10.1 Å². The predicted octanol–water partition coefficient (Wildman–Crippen LogP) is 3.31. The summed E-state index contributed by atoms with van der Waals surface area (Å²) in [5.74, 6) is 0.725. The van der Waals surface area contributed by atoms with Gasteiger partial charge in [-0.15, -0.1) is 0 Å². The Labute approximate surface area is 144 Å². The van der Waals surface area contributed by atoms with Crippen molar-refractivity contribution in [2.24, 2.45) is 5.10 Å². The second-order valence-electron chi connectivity index (χ2n) is 4.77. The lowest BCUT2D eigenvalue weighted by atomic mass is 10.1. The minimum Gasteiger partial charge on any atom is -0.497 e. The van der Waals surface area contributed by atoms with Crippen molar-refractivity contribution in [1.82, 2.24) is 5.43 Å². The molecule has 2 N–H and O–H groups in total. The summed E-state index contributed by atoms with van der Waals surface area (Å²) in [6.45, 7) is 1.81. The second-order valence-corrected chi connectivity index (χ2v) is 5.18. The maximum atomic E-state index is 11.0. The molecule has 0 bridgehead atoms. The summed E-state index contributed by atoms with van der Waals surface area (Å²) in [4.78, 5) is 10.5. The normalized spacial score (nSPS) is 10.8. The maximum absolute atomic E-state index is 11.0. The molecule has 0 unspecified atom stereocenters. The van der Waals surface area contributed by atoms with Crippen LogP contribution in [0.2, 0.25) is 0 Å². The van der Waals surface area contributed by atoms with Crippen molar-refractivity contribution < 1.29 is 9.66 Å². The van der Waals surface area contributed by atoms with E-state index in [1.165, 1.54) is 6.07 Å². The molecule has 0 radical (unpaired) electrons. The van der Waals surface area contributed by atoms with Crippen molar-refractivity contribution in [2.45, 2.75) is 6.92 Å². The second kappa shape index (κ2) is 8.02. The molecule has 7 nitrogen and oxygen atoms in total. The first-order chi connectivity index (χ1) is 11.5. The Hall–Kier alpha value is -3.00. The van der Waals surface area contributed by atoms with E-state index in [1.54, 1.807) is 25.3 Å². The zero-order valence-corrected chi connectivity index (χ0v) is 14.0. The van der Waals surface area contributed by atoms with E-state index in [0.29, 0.717) is 11.4 Å². The number of hydrogen-bond donors (Lipinski definition) is 2. The molecule has 8 heteroatoms. The number of thiocarbonyl (C=S) groups is 1. The standard InChI is InChI=1S/C16H16N4O3S/c1-11(12-6-5-7-13(10-12)23-2)18-19-16(24)17-14-8-3-4-9-15(14)20(21)22/h3-10H,1-2H3,(H2,17,19,24)/b18-11-. The molecule has 0 aliphatic heterocycles. The van der Waals surface area contributed by atoms with Crippen LogP contribution in [0.15, 0.2) is 53.6 Å². The van der Waals surface area contributed by atoms with Gasteiger partial charge in [-0.3, -0.25) is 15.5 Å². The van der Waals surface area contributed by atoms with Crippen LogP contribution in [-0.4, -0.2) is 22.9 Å². The fourth-order valence-electron chi connectivity index (χ4n) is 1.94. The SMILES string of the molecule is COc1cccc(/C(C)=N\NC(=S)Nc2ccccc2[N+](=O)[O-])c1. The van der Waals surface area contributed by atoms with Crippen molar-refractivity contribution in [3.8, 4) is 5.75 Å². The van der Waals surface area contributed by atoms with Crippen molar-refractivity contribution in [2.75, 3.05) is 12.4 Å². The Kier molecular flexibility index (Phi) is 5.80. The van der Waals surface area contributed by atoms with Crippen LogP contribution in [0.25, 0.3) is 0 Å². The van der Waals surface area contributed by atoms with Crippen LogP contribution in [0.5, 0.6) is 5.75 Å². The smallest absolute Gasteiger partial charge is 0.292 e. The molecule has 0 saturated carbocycles. The lowest BCUT2D eigenvalue weighted by molar-refractivity contribution is -0.383. The number of anilines is 1. The van der Waals surface area contributed by atoms with E-state index < -0.39 is 4.92 Å². The molecule has 2 rings (SSSR count). The molecule has 124 valence electrons. The first-order valence-electron chi connectivity index (χ1n) is 7.00. The monoisotopic (exact) mass is 344 g/mol. The summed E-state index contributed by atoms with van der Waals surface area (Å²) in [7, 11) is 1.59. The minimum atomic E-state index is -0.476. The molecule has 0 fully saturated rings. The van der Waals surface area contributed by atoms with Crippen LogP contribution < -0.4 is 15.5 Å². The van der Waals surface area contributed by atoms with E-state index in [0.717, 1.165) is 11.3 Å². The van der Waals surface area contributed by atoms with Gasteiger partial charge in [0.15, 0.2) is 5.11 Å². The number of ether oxygens (including phenoxy) is 1. The zero-order chi connectivity index (χ0) is 17.5. The number of hydrazone groups is 1. The van der Waals surface area contributed by atoms with Gasteiger partial charge in [0.1, 0.15) is 11.4 Å². The number of para-hydroxylation sites is 2. The molecule has 0 amide bonds. The van der Waals surface area contributed by atoms with Gasteiger partial charge in [-0.1, -0.05) is 24.3 Å². The van der Waals surface area contributed by atoms with Crippen molar-refractivity contribution in [1.29, 1.82) is 0 Å². The largest absolute Gasteiger partial charge is 0.497 e. The van der Waals surface area contributed by atoms with E-state index in [4.69, 9.17) is 17.0 Å². The third-order valence-corrected chi connectivity index (χ3v) is 3.35.